The van der Waals surface area contributed by atoms with Gasteiger partial charge in [-0.3, -0.25) is 0 Å². The summed E-state index contributed by atoms with van der Waals surface area (Å²) in [6.45, 7) is 0. The summed E-state index contributed by atoms with van der Waals surface area (Å²) < 4.78 is 5.16. The molecule has 3 rings (SSSR count). The summed E-state index contributed by atoms with van der Waals surface area (Å²) in [4.78, 5) is 5.80. The van der Waals surface area contributed by atoms with Crippen molar-refractivity contribution in [2.24, 2.45) is 0 Å². The number of aryl methyl sites for hydroxylation is 2. The number of rotatable bonds is 3. The van der Waals surface area contributed by atoms with Crippen molar-refractivity contribution in [3.8, 4) is 11.8 Å². The molecule has 0 unspecified atom stereocenters. The van der Waals surface area contributed by atoms with Crippen LogP contribution in [-0.2, 0) is 12.8 Å². The van der Waals surface area contributed by atoms with E-state index in [9.17, 15) is 5.26 Å². The van der Waals surface area contributed by atoms with E-state index < -0.39 is 0 Å². The van der Waals surface area contributed by atoms with Crippen LogP contribution in [0.4, 0.5) is 0 Å². The number of pyridine rings is 1. The highest BCUT2D eigenvalue weighted by Gasteiger charge is 2.15. The molecule has 1 aliphatic rings. The second-order valence-electron chi connectivity index (χ2n) is 5.04. The lowest BCUT2D eigenvalue weighted by atomic mass is 9.95. The Kier molecular flexibility index (Phi) is 4.12. The third kappa shape index (κ3) is 3.03. The van der Waals surface area contributed by atoms with Gasteiger partial charge in [-0.05, 0) is 61.6 Å². The van der Waals surface area contributed by atoms with Crippen LogP contribution in [0.3, 0.4) is 0 Å². The van der Waals surface area contributed by atoms with Gasteiger partial charge in [0.15, 0.2) is 0 Å². The number of fused-ring (bicyclic) bond motifs is 1. The summed E-state index contributed by atoms with van der Waals surface area (Å²) in [5.74, 6) is 0.832. The number of nitrogens with zero attached hydrogens (tertiary/aromatic N) is 2. The van der Waals surface area contributed by atoms with Crippen molar-refractivity contribution in [3.63, 3.8) is 0 Å². The zero-order valence-corrected chi connectivity index (χ0v) is 12.7. The smallest absolute Gasteiger partial charge is 0.119 e. The Labute approximate surface area is 129 Å². The van der Waals surface area contributed by atoms with Crippen LogP contribution in [0.5, 0.6) is 5.75 Å². The molecule has 0 fully saturated rings. The van der Waals surface area contributed by atoms with Gasteiger partial charge in [-0.25, -0.2) is 4.98 Å². The second-order valence-corrected chi connectivity index (χ2v) is 6.11. The SMILES string of the molecule is COc1ccc(Sc2nc3c(cc2C#N)CCCC3)cc1. The predicted molar refractivity (Wildman–Crippen MR) is 82.7 cm³/mol. The van der Waals surface area contributed by atoms with Crippen molar-refractivity contribution in [1.29, 1.82) is 5.26 Å². The molecular formula is C17H16N2OS. The first-order valence-electron chi connectivity index (χ1n) is 7.05. The monoisotopic (exact) mass is 296 g/mol. The lowest BCUT2D eigenvalue weighted by Crippen LogP contribution is -2.07. The van der Waals surface area contributed by atoms with E-state index in [4.69, 9.17) is 9.72 Å². The Hall–Kier alpha value is -1.99. The van der Waals surface area contributed by atoms with Crippen molar-refractivity contribution in [1.82, 2.24) is 4.98 Å². The average Bonchev–Trinajstić information content (AvgIpc) is 2.55. The van der Waals surface area contributed by atoms with E-state index in [1.807, 2.05) is 30.3 Å². The summed E-state index contributed by atoms with van der Waals surface area (Å²) >= 11 is 1.54. The molecule has 0 N–H and O–H groups in total. The van der Waals surface area contributed by atoms with Crippen molar-refractivity contribution >= 4 is 11.8 Å². The van der Waals surface area contributed by atoms with Gasteiger partial charge >= 0.3 is 0 Å². The Morgan fingerprint density at radius 2 is 1.95 bits per heavy atom. The van der Waals surface area contributed by atoms with Crippen LogP contribution in [0.2, 0.25) is 0 Å². The van der Waals surface area contributed by atoms with Gasteiger partial charge in [-0.1, -0.05) is 11.8 Å². The van der Waals surface area contributed by atoms with Crippen LogP contribution in [0.15, 0.2) is 40.3 Å². The maximum absolute atomic E-state index is 9.36. The largest absolute Gasteiger partial charge is 0.497 e. The molecule has 0 amide bonds. The van der Waals surface area contributed by atoms with E-state index in [-0.39, 0.29) is 0 Å². The van der Waals surface area contributed by atoms with Crippen LogP contribution >= 0.6 is 11.8 Å². The Bertz CT molecular complexity index is 689. The highest BCUT2D eigenvalue weighted by Crippen LogP contribution is 2.32. The fourth-order valence-electron chi connectivity index (χ4n) is 2.53. The summed E-state index contributed by atoms with van der Waals surface area (Å²) in [5, 5.41) is 10.2. The third-order valence-corrected chi connectivity index (χ3v) is 4.67. The zero-order valence-electron chi connectivity index (χ0n) is 11.9. The topological polar surface area (TPSA) is 45.9 Å². The molecule has 1 aromatic heterocycles. The van der Waals surface area contributed by atoms with E-state index in [1.165, 1.54) is 18.4 Å². The molecule has 0 radical (unpaired) electrons. The molecule has 3 nitrogen and oxygen atoms in total. The zero-order chi connectivity index (χ0) is 14.7. The maximum Gasteiger partial charge on any atom is 0.119 e. The number of ether oxygens (including phenoxy) is 1. The van der Waals surface area contributed by atoms with Crippen molar-refractivity contribution in [2.45, 2.75) is 35.6 Å². The lowest BCUT2D eigenvalue weighted by Gasteiger charge is -2.16. The maximum atomic E-state index is 9.36. The Balaban J connectivity index is 1.91. The van der Waals surface area contributed by atoms with Crippen molar-refractivity contribution in [2.75, 3.05) is 7.11 Å². The first kappa shape index (κ1) is 14.0. The van der Waals surface area contributed by atoms with Crippen molar-refractivity contribution < 1.29 is 4.74 Å². The van der Waals surface area contributed by atoms with Crippen molar-refractivity contribution in [3.05, 3.63) is 47.2 Å². The van der Waals surface area contributed by atoms with E-state index in [0.29, 0.717) is 5.56 Å². The van der Waals surface area contributed by atoms with E-state index in [2.05, 4.69) is 6.07 Å². The summed E-state index contributed by atoms with van der Waals surface area (Å²) in [6, 6.07) is 12.1. The number of benzene rings is 1. The number of aromatic nitrogens is 1. The molecule has 0 saturated heterocycles. The van der Waals surface area contributed by atoms with Gasteiger partial charge in [0.25, 0.3) is 0 Å². The Morgan fingerprint density at radius 1 is 1.19 bits per heavy atom. The van der Waals surface area contributed by atoms with Gasteiger partial charge in [-0.15, -0.1) is 0 Å². The molecule has 0 aliphatic heterocycles. The van der Waals surface area contributed by atoms with Crippen LogP contribution in [0.1, 0.15) is 29.7 Å². The molecular weight excluding hydrogens is 280 g/mol. The molecule has 106 valence electrons. The van der Waals surface area contributed by atoms with E-state index in [1.54, 1.807) is 18.9 Å². The van der Waals surface area contributed by atoms with Gasteiger partial charge in [0.05, 0.1) is 12.7 Å². The quantitative estimate of drug-likeness (QED) is 0.859. The van der Waals surface area contributed by atoms with E-state index >= 15 is 0 Å². The van der Waals surface area contributed by atoms with Gasteiger partial charge < -0.3 is 4.74 Å². The highest BCUT2D eigenvalue weighted by atomic mass is 32.2. The van der Waals surface area contributed by atoms with Crippen LogP contribution in [-0.4, -0.2) is 12.1 Å². The van der Waals surface area contributed by atoms with E-state index in [0.717, 1.165) is 34.2 Å². The second kappa shape index (κ2) is 6.19. The van der Waals surface area contributed by atoms with Gasteiger partial charge in [-0.2, -0.15) is 5.26 Å². The number of hydrogen-bond donors (Lipinski definition) is 0. The fourth-order valence-corrected chi connectivity index (χ4v) is 3.39. The normalized spacial score (nSPS) is 13.3. The van der Waals surface area contributed by atoms with Crippen LogP contribution < -0.4 is 4.74 Å². The molecule has 1 aliphatic carbocycles. The minimum Gasteiger partial charge on any atom is -0.497 e. The number of methoxy groups -OCH3 is 1. The molecule has 0 saturated carbocycles. The molecule has 0 atom stereocenters. The fraction of sp³-hybridized carbons (Fsp3) is 0.294. The predicted octanol–water partition coefficient (Wildman–Crippen LogP) is 3.99. The summed E-state index contributed by atoms with van der Waals surface area (Å²) in [5.41, 5.74) is 3.09. The average molecular weight is 296 g/mol. The van der Waals surface area contributed by atoms with Crippen LogP contribution in [0, 0.1) is 11.3 Å². The summed E-state index contributed by atoms with van der Waals surface area (Å²) in [6.07, 6.45) is 4.46. The minimum atomic E-state index is 0.677. The number of hydrogen-bond acceptors (Lipinski definition) is 4. The molecule has 4 heteroatoms. The molecule has 0 spiro atoms. The third-order valence-electron chi connectivity index (χ3n) is 3.66. The Morgan fingerprint density at radius 3 is 2.67 bits per heavy atom. The summed E-state index contributed by atoms with van der Waals surface area (Å²) in [7, 11) is 1.65. The first-order valence-corrected chi connectivity index (χ1v) is 7.86. The molecule has 21 heavy (non-hydrogen) atoms. The molecule has 0 bridgehead atoms. The van der Waals surface area contributed by atoms with Gasteiger partial charge in [0, 0.05) is 10.6 Å². The standard InChI is InChI=1S/C17H16N2OS/c1-20-14-6-8-15(9-7-14)21-17-13(11-18)10-12-4-2-3-5-16(12)19-17/h6-10H,2-5H2,1H3. The minimum absolute atomic E-state index is 0.677. The molecule has 2 aromatic rings. The van der Waals surface area contributed by atoms with Gasteiger partial charge in [0.1, 0.15) is 16.8 Å². The molecule has 1 aromatic carbocycles. The van der Waals surface area contributed by atoms with Gasteiger partial charge in [0.2, 0.25) is 0 Å². The van der Waals surface area contributed by atoms with Crippen LogP contribution in [0.25, 0.3) is 0 Å². The lowest BCUT2D eigenvalue weighted by molar-refractivity contribution is 0.414. The molecule has 1 heterocycles. The highest BCUT2D eigenvalue weighted by molar-refractivity contribution is 7.99. The number of nitriles is 1. The first-order chi connectivity index (χ1) is 10.3.